The van der Waals surface area contributed by atoms with E-state index in [1.54, 1.807) is 0 Å². The SMILES string of the molecule is COC(=O)C1CC2(C=C(C3(c4ccc(Cl)cc4)CC3)NO2)CN1S(C)(=O)=O. The number of nitrogens with zero attached hydrogens (tertiary/aromatic N) is 1. The van der Waals surface area contributed by atoms with Crippen LogP contribution in [0.3, 0.4) is 0 Å². The first kappa shape index (κ1) is 18.7. The Kier molecular flexibility index (Phi) is 4.30. The summed E-state index contributed by atoms with van der Waals surface area (Å²) in [6.07, 6.45) is 5.16. The molecule has 0 bridgehead atoms. The fourth-order valence-electron chi connectivity index (χ4n) is 4.05. The number of hydrogen-bond acceptors (Lipinski definition) is 6. The van der Waals surface area contributed by atoms with Crippen LogP contribution in [0.25, 0.3) is 0 Å². The van der Waals surface area contributed by atoms with Gasteiger partial charge in [0.1, 0.15) is 11.6 Å². The molecule has 0 aromatic heterocycles. The van der Waals surface area contributed by atoms with E-state index < -0.39 is 27.6 Å². The molecule has 1 saturated heterocycles. The molecule has 1 saturated carbocycles. The van der Waals surface area contributed by atoms with Gasteiger partial charge < -0.3 is 4.74 Å². The van der Waals surface area contributed by atoms with Crippen molar-refractivity contribution in [3.05, 3.63) is 46.6 Å². The summed E-state index contributed by atoms with van der Waals surface area (Å²) < 4.78 is 30.3. The highest BCUT2D eigenvalue weighted by atomic mass is 35.5. The monoisotopic (exact) mass is 412 g/mol. The molecule has 3 aliphatic rings. The molecule has 1 N–H and O–H groups in total. The summed E-state index contributed by atoms with van der Waals surface area (Å²) in [6, 6.07) is 6.82. The van der Waals surface area contributed by atoms with Crippen LogP contribution in [0.4, 0.5) is 0 Å². The second-order valence-electron chi connectivity index (χ2n) is 7.47. The van der Waals surface area contributed by atoms with Gasteiger partial charge in [0.2, 0.25) is 10.0 Å². The Bertz CT molecular complexity index is 910. The molecule has 0 amide bonds. The van der Waals surface area contributed by atoms with Gasteiger partial charge in [-0.25, -0.2) is 8.42 Å². The smallest absolute Gasteiger partial charge is 0.324 e. The Morgan fingerprint density at radius 2 is 2.00 bits per heavy atom. The number of hydroxylamine groups is 1. The number of carbonyl (C=O) groups excluding carboxylic acids is 1. The molecular weight excluding hydrogens is 392 g/mol. The molecule has 1 spiro atoms. The number of hydrogen-bond donors (Lipinski definition) is 1. The van der Waals surface area contributed by atoms with E-state index in [-0.39, 0.29) is 18.4 Å². The van der Waals surface area contributed by atoms with Gasteiger partial charge in [-0.15, -0.1) is 0 Å². The van der Waals surface area contributed by atoms with Gasteiger partial charge in [0.15, 0.2) is 0 Å². The molecule has 2 unspecified atom stereocenters. The van der Waals surface area contributed by atoms with Crippen molar-refractivity contribution in [1.29, 1.82) is 0 Å². The van der Waals surface area contributed by atoms with E-state index in [1.165, 1.54) is 7.11 Å². The van der Waals surface area contributed by atoms with Crippen LogP contribution in [0, 0.1) is 0 Å². The zero-order chi connectivity index (χ0) is 19.4. The Balaban J connectivity index is 1.65. The normalized spacial score (nSPS) is 29.4. The van der Waals surface area contributed by atoms with E-state index in [0.717, 1.165) is 34.7 Å². The van der Waals surface area contributed by atoms with Gasteiger partial charge in [0.25, 0.3) is 0 Å². The van der Waals surface area contributed by atoms with Crippen molar-refractivity contribution in [3.63, 3.8) is 0 Å². The second-order valence-corrected chi connectivity index (χ2v) is 9.84. The molecule has 9 heteroatoms. The summed E-state index contributed by atoms with van der Waals surface area (Å²) in [6.45, 7) is 0.0683. The molecule has 0 radical (unpaired) electrons. The van der Waals surface area contributed by atoms with Gasteiger partial charge in [0.05, 0.1) is 19.9 Å². The Morgan fingerprint density at radius 3 is 2.56 bits per heavy atom. The predicted molar refractivity (Wildman–Crippen MR) is 99.4 cm³/mol. The third-order valence-electron chi connectivity index (χ3n) is 5.64. The molecule has 146 valence electrons. The summed E-state index contributed by atoms with van der Waals surface area (Å²) in [4.78, 5) is 18.0. The average Bonchev–Trinajstić information content (AvgIpc) is 3.18. The first-order chi connectivity index (χ1) is 12.7. The van der Waals surface area contributed by atoms with Crippen LogP contribution in [0.1, 0.15) is 24.8 Å². The number of nitrogens with one attached hydrogen (secondary N) is 1. The zero-order valence-corrected chi connectivity index (χ0v) is 16.6. The molecule has 2 heterocycles. The van der Waals surface area contributed by atoms with Gasteiger partial charge >= 0.3 is 5.97 Å². The van der Waals surface area contributed by atoms with Crippen molar-refractivity contribution in [3.8, 4) is 0 Å². The lowest BCUT2D eigenvalue weighted by molar-refractivity contribution is -0.144. The summed E-state index contributed by atoms with van der Waals surface area (Å²) in [5.41, 5.74) is 3.99. The molecule has 7 nitrogen and oxygen atoms in total. The largest absolute Gasteiger partial charge is 0.468 e. The zero-order valence-electron chi connectivity index (χ0n) is 15.1. The minimum atomic E-state index is -3.58. The summed E-state index contributed by atoms with van der Waals surface area (Å²) in [5.74, 6) is -0.582. The number of rotatable bonds is 4. The van der Waals surface area contributed by atoms with Crippen LogP contribution in [0.5, 0.6) is 0 Å². The highest BCUT2D eigenvalue weighted by Gasteiger charge is 2.57. The number of methoxy groups -OCH3 is 1. The molecule has 4 rings (SSSR count). The van der Waals surface area contributed by atoms with E-state index in [1.807, 2.05) is 30.3 Å². The fraction of sp³-hybridized carbons (Fsp3) is 0.500. The van der Waals surface area contributed by atoms with Gasteiger partial charge in [-0.3, -0.25) is 15.1 Å². The van der Waals surface area contributed by atoms with Gasteiger partial charge in [0, 0.05) is 22.6 Å². The molecule has 2 atom stereocenters. The van der Waals surface area contributed by atoms with Crippen molar-refractivity contribution >= 4 is 27.6 Å². The molecule has 1 aromatic rings. The topological polar surface area (TPSA) is 84.9 Å². The highest BCUT2D eigenvalue weighted by Crippen LogP contribution is 2.55. The van der Waals surface area contributed by atoms with Crippen molar-refractivity contribution in [2.24, 2.45) is 0 Å². The number of allylic oxidation sites excluding steroid dienone is 1. The molecule has 27 heavy (non-hydrogen) atoms. The lowest BCUT2D eigenvalue weighted by atomic mass is 9.89. The van der Waals surface area contributed by atoms with Crippen molar-refractivity contribution in [2.45, 2.75) is 36.3 Å². The summed E-state index contributed by atoms with van der Waals surface area (Å²) in [7, 11) is -2.33. The molecule has 1 aromatic carbocycles. The third kappa shape index (κ3) is 3.14. The fourth-order valence-corrected chi connectivity index (χ4v) is 5.26. The number of sulfonamides is 1. The minimum Gasteiger partial charge on any atom is -0.468 e. The highest BCUT2D eigenvalue weighted by molar-refractivity contribution is 7.88. The summed E-state index contributed by atoms with van der Waals surface area (Å²) >= 11 is 6.00. The lowest BCUT2D eigenvalue weighted by Gasteiger charge is -2.20. The van der Waals surface area contributed by atoms with E-state index in [2.05, 4.69) is 5.48 Å². The van der Waals surface area contributed by atoms with E-state index in [4.69, 9.17) is 21.2 Å². The van der Waals surface area contributed by atoms with Gasteiger partial charge in [-0.05, 0) is 36.6 Å². The maximum absolute atomic E-state index is 12.2. The Hall–Kier alpha value is -1.61. The maximum atomic E-state index is 12.2. The van der Waals surface area contributed by atoms with E-state index in [9.17, 15) is 13.2 Å². The van der Waals surface area contributed by atoms with Crippen LogP contribution >= 0.6 is 11.6 Å². The molecule has 2 fully saturated rings. The standard InChI is InChI=1S/C18H21ClN2O5S/c1-25-16(22)14-9-17(11-21(14)27(2,23)24)10-15(20-26-17)18(7-8-18)12-3-5-13(19)6-4-12/h3-6,10,14,20H,7-9,11H2,1-2H3. The number of benzene rings is 1. The van der Waals surface area contributed by atoms with Crippen LogP contribution in [0.2, 0.25) is 5.02 Å². The number of ether oxygens (including phenoxy) is 1. The second kappa shape index (κ2) is 6.20. The third-order valence-corrected chi connectivity index (χ3v) is 7.13. The van der Waals surface area contributed by atoms with E-state index >= 15 is 0 Å². The maximum Gasteiger partial charge on any atom is 0.324 e. The quantitative estimate of drug-likeness (QED) is 0.758. The van der Waals surface area contributed by atoms with Crippen LogP contribution in [-0.4, -0.2) is 50.2 Å². The Morgan fingerprint density at radius 1 is 1.33 bits per heavy atom. The molecule has 1 aliphatic carbocycles. The lowest BCUT2D eigenvalue weighted by Crippen LogP contribution is -2.41. The van der Waals surface area contributed by atoms with Gasteiger partial charge in [-0.2, -0.15) is 4.31 Å². The number of carbonyl (C=O) groups is 1. The first-order valence-corrected chi connectivity index (χ1v) is 10.9. The van der Waals surface area contributed by atoms with Gasteiger partial charge in [-0.1, -0.05) is 23.7 Å². The molecular formula is C18H21ClN2O5S. The van der Waals surface area contributed by atoms with Crippen LogP contribution in [-0.2, 0) is 29.8 Å². The van der Waals surface area contributed by atoms with Crippen molar-refractivity contribution in [1.82, 2.24) is 9.79 Å². The van der Waals surface area contributed by atoms with Crippen molar-refractivity contribution < 1.29 is 22.8 Å². The minimum absolute atomic E-state index is 0.0683. The molecule has 2 aliphatic heterocycles. The number of halogens is 1. The van der Waals surface area contributed by atoms with E-state index in [0.29, 0.717) is 5.02 Å². The van der Waals surface area contributed by atoms with Crippen LogP contribution in [0.15, 0.2) is 36.0 Å². The predicted octanol–water partition coefficient (Wildman–Crippen LogP) is 1.74. The number of esters is 1. The summed E-state index contributed by atoms with van der Waals surface area (Å²) in [5, 5.41) is 0.677. The van der Waals surface area contributed by atoms with Crippen LogP contribution < -0.4 is 5.48 Å². The Labute approximate surface area is 163 Å². The van der Waals surface area contributed by atoms with Crippen molar-refractivity contribution in [2.75, 3.05) is 19.9 Å². The average molecular weight is 413 g/mol. The first-order valence-electron chi connectivity index (χ1n) is 8.67.